The van der Waals surface area contributed by atoms with Crippen LogP contribution in [0.5, 0.6) is 0 Å². The number of carbonyl (C=O) groups is 1. The Kier molecular flexibility index (Phi) is 5.60. The van der Waals surface area contributed by atoms with Gasteiger partial charge in [-0.3, -0.25) is 10.1 Å². The van der Waals surface area contributed by atoms with E-state index in [0.29, 0.717) is 21.5 Å². The number of anilines is 1. The zero-order chi connectivity index (χ0) is 16.1. The first-order chi connectivity index (χ1) is 10.4. The van der Waals surface area contributed by atoms with Crippen LogP contribution >= 0.6 is 35.4 Å². The van der Waals surface area contributed by atoms with E-state index in [0.717, 1.165) is 5.76 Å². The third-order valence-electron chi connectivity index (χ3n) is 2.52. The van der Waals surface area contributed by atoms with Crippen LogP contribution in [0.4, 0.5) is 5.69 Å². The second kappa shape index (κ2) is 7.45. The van der Waals surface area contributed by atoms with E-state index >= 15 is 0 Å². The number of rotatable bonds is 3. The molecule has 0 fully saturated rings. The minimum Gasteiger partial charge on any atom is -0.462 e. The first kappa shape index (κ1) is 16.5. The van der Waals surface area contributed by atoms with Crippen molar-refractivity contribution < 1.29 is 9.21 Å². The average molecular weight is 355 g/mol. The molecule has 0 aliphatic heterocycles. The molecule has 0 atom stereocenters. The molecule has 1 aromatic carbocycles. The van der Waals surface area contributed by atoms with E-state index in [1.54, 1.807) is 30.3 Å². The Bertz CT molecular complexity index is 721. The summed E-state index contributed by atoms with van der Waals surface area (Å²) in [6, 6.07) is 8.47. The van der Waals surface area contributed by atoms with Crippen molar-refractivity contribution in [3.05, 3.63) is 58.0 Å². The fourth-order valence-electron chi connectivity index (χ4n) is 1.64. The second-order valence-corrected chi connectivity index (χ2v) is 5.66. The van der Waals surface area contributed by atoms with Crippen molar-refractivity contribution in [2.45, 2.75) is 6.92 Å². The van der Waals surface area contributed by atoms with E-state index in [1.807, 2.05) is 13.0 Å². The highest BCUT2D eigenvalue weighted by Gasteiger charge is 2.04. The number of aryl methyl sites for hydroxylation is 1. The van der Waals surface area contributed by atoms with E-state index in [2.05, 4.69) is 10.6 Å². The summed E-state index contributed by atoms with van der Waals surface area (Å²) in [5.74, 6) is 0.989. The lowest BCUT2D eigenvalue weighted by Gasteiger charge is -2.08. The monoisotopic (exact) mass is 354 g/mol. The lowest BCUT2D eigenvalue weighted by molar-refractivity contribution is -0.115. The molecule has 0 radical (unpaired) electrons. The van der Waals surface area contributed by atoms with Crippen molar-refractivity contribution in [2.75, 3.05) is 5.32 Å². The fraction of sp³-hybridized carbons (Fsp3) is 0.0667. The maximum absolute atomic E-state index is 11.7. The number of amides is 1. The molecule has 0 aliphatic carbocycles. The summed E-state index contributed by atoms with van der Waals surface area (Å²) < 4.78 is 5.32. The number of hydrogen-bond acceptors (Lipinski definition) is 3. The summed E-state index contributed by atoms with van der Waals surface area (Å²) in [5.41, 5.74) is 0.591. The van der Waals surface area contributed by atoms with Crippen LogP contribution in [0, 0.1) is 6.92 Å². The maximum atomic E-state index is 11.7. The smallest absolute Gasteiger partial charge is 0.250 e. The van der Waals surface area contributed by atoms with Gasteiger partial charge in [0.1, 0.15) is 11.5 Å². The Morgan fingerprint density at radius 1 is 1.23 bits per heavy atom. The zero-order valence-electron chi connectivity index (χ0n) is 11.5. The van der Waals surface area contributed by atoms with Gasteiger partial charge < -0.3 is 9.73 Å². The molecule has 1 heterocycles. The van der Waals surface area contributed by atoms with Crippen molar-refractivity contribution in [1.82, 2.24) is 5.32 Å². The quantitative estimate of drug-likeness (QED) is 0.632. The molecule has 0 unspecified atom stereocenters. The maximum Gasteiger partial charge on any atom is 0.250 e. The van der Waals surface area contributed by atoms with Crippen LogP contribution in [0.1, 0.15) is 11.5 Å². The average Bonchev–Trinajstić information content (AvgIpc) is 2.80. The van der Waals surface area contributed by atoms with Crippen LogP contribution in [0.15, 0.2) is 40.8 Å². The van der Waals surface area contributed by atoms with Crippen LogP contribution in [0.2, 0.25) is 10.0 Å². The number of nitrogens with one attached hydrogen (secondary N) is 2. The summed E-state index contributed by atoms with van der Waals surface area (Å²) in [4.78, 5) is 11.7. The topological polar surface area (TPSA) is 54.3 Å². The Hall–Kier alpha value is -1.82. The predicted octanol–water partition coefficient (Wildman–Crippen LogP) is 4.42. The molecule has 0 spiro atoms. The summed E-state index contributed by atoms with van der Waals surface area (Å²) in [7, 11) is 0. The molecule has 1 aromatic heterocycles. The van der Waals surface area contributed by atoms with Crippen molar-refractivity contribution in [1.29, 1.82) is 0 Å². The van der Waals surface area contributed by atoms with Crippen molar-refractivity contribution >= 4 is 58.2 Å². The van der Waals surface area contributed by atoms with Crippen molar-refractivity contribution in [2.24, 2.45) is 0 Å². The van der Waals surface area contributed by atoms with Gasteiger partial charge in [-0.2, -0.15) is 0 Å². The first-order valence-electron chi connectivity index (χ1n) is 6.25. The zero-order valence-corrected chi connectivity index (χ0v) is 13.9. The van der Waals surface area contributed by atoms with Gasteiger partial charge in [-0.05, 0) is 55.5 Å². The van der Waals surface area contributed by atoms with Gasteiger partial charge >= 0.3 is 0 Å². The number of hydrogen-bond donors (Lipinski definition) is 2. The molecule has 2 N–H and O–H groups in total. The highest BCUT2D eigenvalue weighted by Crippen LogP contribution is 2.22. The molecule has 0 saturated heterocycles. The standard InChI is InChI=1S/C15H12Cl2N2O2S/c1-9-2-3-13(21-9)4-5-14(20)19-15(22)18-12-7-10(16)6-11(17)8-12/h2-8H,1H3,(H2,18,19,20,22)/b5-4+. The molecular formula is C15H12Cl2N2O2S. The molecule has 0 aliphatic rings. The van der Waals surface area contributed by atoms with Gasteiger partial charge in [0.25, 0.3) is 0 Å². The number of halogens is 2. The van der Waals surface area contributed by atoms with Crippen LogP contribution < -0.4 is 10.6 Å². The molecule has 7 heteroatoms. The van der Waals surface area contributed by atoms with Gasteiger partial charge in [-0.15, -0.1) is 0 Å². The van der Waals surface area contributed by atoms with Gasteiger partial charge in [0, 0.05) is 21.8 Å². The molecule has 4 nitrogen and oxygen atoms in total. The highest BCUT2D eigenvalue weighted by atomic mass is 35.5. The van der Waals surface area contributed by atoms with Crippen LogP contribution in [-0.4, -0.2) is 11.0 Å². The van der Waals surface area contributed by atoms with Gasteiger partial charge in [0.2, 0.25) is 5.91 Å². The van der Waals surface area contributed by atoms with Crippen molar-refractivity contribution in [3.63, 3.8) is 0 Å². The largest absolute Gasteiger partial charge is 0.462 e. The van der Waals surface area contributed by atoms with Gasteiger partial charge in [-0.25, -0.2) is 0 Å². The molecule has 114 valence electrons. The van der Waals surface area contributed by atoms with Crippen LogP contribution in [-0.2, 0) is 4.79 Å². The van der Waals surface area contributed by atoms with E-state index < -0.39 is 0 Å². The number of furan rings is 1. The SMILES string of the molecule is Cc1ccc(/C=C/C(=O)NC(=S)Nc2cc(Cl)cc(Cl)c2)o1. The predicted molar refractivity (Wildman–Crippen MR) is 93.3 cm³/mol. The lowest BCUT2D eigenvalue weighted by atomic mass is 10.3. The van der Waals surface area contributed by atoms with Crippen molar-refractivity contribution in [3.8, 4) is 0 Å². The third kappa shape index (κ3) is 5.18. The molecule has 2 aromatic rings. The number of thiocarbonyl (C=S) groups is 1. The summed E-state index contributed by atoms with van der Waals surface area (Å²) in [6.45, 7) is 1.83. The van der Waals surface area contributed by atoms with E-state index in [4.69, 9.17) is 39.8 Å². The van der Waals surface area contributed by atoms with Gasteiger partial charge in [0.05, 0.1) is 0 Å². The minimum atomic E-state index is -0.375. The Morgan fingerprint density at radius 3 is 2.50 bits per heavy atom. The van der Waals surface area contributed by atoms with E-state index in [1.165, 1.54) is 6.08 Å². The van der Waals surface area contributed by atoms with Crippen LogP contribution in [0.25, 0.3) is 6.08 Å². The fourth-order valence-corrected chi connectivity index (χ4v) is 2.39. The Labute approximate surface area is 143 Å². The Balaban J connectivity index is 1.91. The first-order valence-corrected chi connectivity index (χ1v) is 7.41. The van der Waals surface area contributed by atoms with E-state index in [-0.39, 0.29) is 11.0 Å². The normalized spacial score (nSPS) is 10.7. The van der Waals surface area contributed by atoms with Gasteiger partial charge in [0.15, 0.2) is 5.11 Å². The van der Waals surface area contributed by atoms with Gasteiger partial charge in [-0.1, -0.05) is 23.2 Å². The molecular weight excluding hydrogens is 343 g/mol. The van der Waals surface area contributed by atoms with Crippen LogP contribution in [0.3, 0.4) is 0 Å². The molecule has 0 bridgehead atoms. The molecule has 22 heavy (non-hydrogen) atoms. The molecule has 0 saturated carbocycles. The molecule has 2 rings (SSSR count). The lowest BCUT2D eigenvalue weighted by Crippen LogP contribution is -2.32. The highest BCUT2D eigenvalue weighted by molar-refractivity contribution is 7.80. The minimum absolute atomic E-state index is 0.142. The second-order valence-electron chi connectivity index (χ2n) is 4.38. The Morgan fingerprint density at radius 2 is 1.91 bits per heavy atom. The third-order valence-corrected chi connectivity index (χ3v) is 3.16. The molecule has 1 amide bonds. The van der Waals surface area contributed by atoms with E-state index in [9.17, 15) is 4.79 Å². The summed E-state index contributed by atoms with van der Waals surface area (Å²) in [5, 5.41) is 6.42. The summed E-state index contributed by atoms with van der Waals surface area (Å²) in [6.07, 6.45) is 2.89. The number of carbonyl (C=O) groups excluding carboxylic acids is 1. The summed E-state index contributed by atoms with van der Waals surface area (Å²) >= 11 is 16.8. The number of benzene rings is 1.